The first kappa shape index (κ1) is 46.6. The maximum Gasteiger partial charge on any atom is 0.338 e. The molecule has 346 valence electrons. The minimum absolute atomic E-state index is 0.0705. The lowest BCUT2D eigenvalue weighted by molar-refractivity contribution is 0.0472. The van der Waals surface area contributed by atoms with Crippen LogP contribution in [0.2, 0.25) is 0 Å². The predicted octanol–water partition coefficient (Wildman–Crippen LogP) is 14.5. The van der Waals surface area contributed by atoms with Gasteiger partial charge in [0.15, 0.2) is 0 Å². The first-order valence-corrected chi connectivity index (χ1v) is 24.9. The Morgan fingerprint density at radius 1 is 0.478 bits per heavy atom. The number of hydrogen-bond donors (Lipinski definition) is 0. The summed E-state index contributed by atoms with van der Waals surface area (Å²) >= 11 is 0. The van der Waals surface area contributed by atoms with Crippen molar-refractivity contribution >= 4 is 63.2 Å². The van der Waals surface area contributed by atoms with Gasteiger partial charge in [0.2, 0.25) is 0 Å². The summed E-state index contributed by atoms with van der Waals surface area (Å²) in [7, 11) is 0. The van der Waals surface area contributed by atoms with Gasteiger partial charge in [0, 0.05) is 34.1 Å². The average Bonchev–Trinajstić information content (AvgIpc) is 3.25. The Kier molecular flexibility index (Phi) is 11.3. The van der Waals surface area contributed by atoms with Crippen LogP contribution in [0, 0.1) is 0 Å². The third-order valence-corrected chi connectivity index (χ3v) is 14.7. The molecule has 2 aliphatic heterocycles. The van der Waals surface area contributed by atoms with E-state index >= 15 is 0 Å². The first-order valence-electron chi connectivity index (χ1n) is 24.9. The van der Waals surface area contributed by atoms with Crippen molar-refractivity contribution in [3.05, 3.63) is 159 Å². The summed E-state index contributed by atoms with van der Waals surface area (Å²) < 4.78 is 6.29. The van der Waals surface area contributed by atoms with Gasteiger partial charge in [-0.25, -0.2) is 4.79 Å². The second-order valence-corrected chi connectivity index (χ2v) is 25.0. The number of benzene rings is 6. The molecule has 0 N–H and O–H groups in total. The van der Waals surface area contributed by atoms with Crippen LogP contribution in [0.5, 0.6) is 0 Å². The molecule has 0 aromatic heterocycles. The zero-order valence-electron chi connectivity index (χ0n) is 43.2. The van der Waals surface area contributed by atoms with Crippen LogP contribution in [0.25, 0.3) is 0 Å². The van der Waals surface area contributed by atoms with E-state index in [4.69, 9.17) is 4.74 Å². The Labute approximate surface area is 403 Å². The van der Waals surface area contributed by atoms with Gasteiger partial charge in [-0.3, -0.25) is 0 Å². The zero-order chi connectivity index (χ0) is 48.2. The smallest absolute Gasteiger partial charge is 0.338 e. The summed E-state index contributed by atoms with van der Waals surface area (Å²) in [6, 6.07) is 41.1. The summed E-state index contributed by atoms with van der Waals surface area (Å²) in [5.74, 6) is -0.331. The van der Waals surface area contributed by atoms with Gasteiger partial charge < -0.3 is 14.5 Å². The normalized spacial score (nSPS) is 14.9. The Balaban J connectivity index is 1.42. The highest BCUT2D eigenvalue weighted by molar-refractivity contribution is 7.00. The largest absolute Gasteiger partial charge is 0.457 e. The van der Waals surface area contributed by atoms with E-state index in [0.29, 0.717) is 5.56 Å². The molecular weight excluding hydrogens is 816 g/mol. The molecule has 0 saturated carbocycles. The highest BCUT2D eigenvalue weighted by Crippen LogP contribution is 2.49. The van der Waals surface area contributed by atoms with Crippen molar-refractivity contribution in [3.63, 3.8) is 0 Å². The Morgan fingerprint density at radius 3 is 1.39 bits per heavy atom. The van der Waals surface area contributed by atoms with Crippen molar-refractivity contribution < 1.29 is 9.53 Å². The minimum atomic E-state index is -0.331. The van der Waals surface area contributed by atoms with Gasteiger partial charge in [-0.2, -0.15) is 0 Å². The highest BCUT2D eigenvalue weighted by Gasteiger charge is 2.45. The van der Waals surface area contributed by atoms with E-state index in [1.165, 1.54) is 79.5 Å². The van der Waals surface area contributed by atoms with Gasteiger partial charge >= 0.3 is 5.97 Å². The lowest BCUT2D eigenvalue weighted by atomic mass is 9.33. The summed E-state index contributed by atoms with van der Waals surface area (Å²) in [6.07, 6.45) is 4.56. The van der Waals surface area contributed by atoms with Gasteiger partial charge in [0.05, 0.1) is 5.56 Å². The second kappa shape index (κ2) is 16.3. The molecule has 1 aliphatic carbocycles. The molecule has 0 atom stereocenters. The molecule has 0 fully saturated rings. The standard InChI is InChI=1S/C62H73BN2O2/c1-58(2,3)43-25-26-50-53(37-43)65(49-35-46(61(10,11)12)32-47(36-49)62(13,14)15)55-30-42(57(66)67-38-39-21-17-16-18-22-39)29-54-56(55)63(50)51-27-40-23-19-20-24-41(40)28-52(51)64(54)48-33-44(59(4,5)6)31-45(34-48)60(7,8)9/h16-18,21-22,25-37H,19-20,23-24,38H2,1-15H3. The summed E-state index contributed by atoms with van der Waals surface area (Å²) in [5.41, 5.74) is 20.8. The molecule has 3 aliphatic rings. The van der Waals surface area contributed by atoms with Gasteiger partial charge in [0.25, 0.3) is 6.71 Å². The zero-order valence-corrected chi connectivity index (χ0v) is 43.2. The van der Waals surface area contributed by atoms with Crippen molar-refractivity contribution in [3.8, 4) is 0 Å². The quantitative estimate of drug-likeness (QED) is 0.127. The number of carbonyl (C=O) groups excluding carboxylic acids is 1. The second-order valence-electron chi connectivity index (χ2n) is 25.0. The molecule has 9 rings (SSSR count). The van der Waals surface area contributed by atoms with Crippen LogP contribution in [-0.2, 0) is 51.3 Å². The van der Waals surface area contributed by atoms with E-state index in [2.05, 4.69) is 193 Å². The number of fused-ring (bicyclic) bond motifs is 5. The van der Waals surface area contributed by atoms with Crippen LogP contribution in [-0.4, -0.2) is 12.7 Å². The van der Waals surface area contributed by atoms with E-state index in [1.54, 1.807) is 0 Å². The number of esters is 1. The molecule has 6 aromatic carbocycles. The third kappa shape index (κ3) is 8.77. The number of ether oxygens (including phenoxy) is 1. The SMILES string of the molecule is CC(C)(C)c1cc(N2c3cc(C(C)(C)C)ccc3B3c4cc5c(cc4N(c4cc(C(C)(C)C)cc(C(C)(C)C)c4)c4cc(C(=O)OCc6ccccc6)cc2c43)CCCC5)cc(C(C)(C)C)c1. The molecule has 0 bridgehead atoms. The van der Waals surface area contributed by atoms with Gasteiger partial charge in [0.1, 0.15) is 6.61 Å². The maximum atomic E-state index is 14.9. The Morgan fingerprint density at radius 2 is 0.925 bits per heavy atom. The molecule has 0 radical (unpaired) electrons. The van der Waals surface area contributed by atoms with Gasteiger partial charge in [-0.15, -0.1) is 0 Å². The van der Waals surface area contributed by atoms with E-state index in [9.17, 15) is 4.79 Å². The fourth-order valence-electron chi connectivity index (χ4n) is 10.4. The van der Waals surface area contributed by atoms with Crippen LogP contribution in [0.4, 0.5) is 34.1 Å². The molecule has 0 saturated heterocycles. The maximum absolute atomic E-state index is 14.9. The fourth-order valence-corrected chi connectivity index (χ4v) is 10.4. The van der Waals surface area contributed by atoms with Crippen LogP contribution in [0.3, 0.4) is 0 Å². The summed E-state index contributed by atoms with van der Waals surface area (Å²) in [4.78, 5) is 19.9. The predicted molar refractivity (Wildman–Crippen MR) is 286 cm³/mol. The topological polar surface area (TPSA) is 32.8 Å². The van der Waals surface area contributed by atoms with E-state index in [0.717, 1.165) is 41.2 Å². The molecule has 0 amide bonds. The molecule has 67 heavy (non-hydrogen) atoms. The highest BCUT2D eigenvalue weighted by atomic mass is 16.5. The first-order chi connectivity index (χ1) is 31.3. The molecule has 0 unspecified atom stereocenters. The summed E-state index contributed by atoms with van der Waals surface area (Å²) in [5, 5.41) is 0. The lowest BCUT2D eigenvalue weighted by Crippen LogP contribution is -2.61. The number of rotatable bonds is 5. The van der Waals surface area contributed by atoms with E-state index < -0.39 is 0 Å². The fraction of sp³-hybridized carbons (Fsp3) is 0.403. The monoisotopic (exact) mass is 889 g/mol. The molecule has 6 aromatic rings. The number of anilines is 6. The van der Waals surface area contributed by atoms with Gasteiger partial charge in [-0.1, -0.05) is 165 Å². The molecular formula is C62H73BN2O2. The van der Waals surface area contributed by atoms with Crippen LogP contribution < -0.4 is 26.2 Å². The molecule has 4 nitrogen and oxygen atoms in total. The lowest BCUT2D eigenvalue weighted by Gasteiger charge is -2.46. The van der Waals surface area contributed by atoms with Crippen molar-refractivity contribution in [1.82, 2.24) is 0 Å². The van der Waals surface area contributed by atoms with Crippen molar-refractivity contribution in [2.75, 3.05) is 9.80 Å². The van der Waals surface area contributed by atoms with Gasteiger partial charge in [-0.05, 0) is 162 Å². The number of hydrogen-bond acceptors (Lipinski definition) is 4. The van der Waals surface area contributed by atoms with Crippen LogP contribution >= 0.6 is 0 Å². The van der Waals surface area contributed by atoms with Crippen molar-refractivity contribution in [1.29, 1.82) is 0 Å². The third-order valence-electron chi connectivity index (χ3n) is 14.7. The summed E-state index contributed by atoms with van der Waals surface area (Å²) in [6.45, 7) is 34.8. The van der Waals surface area contributed by atoms with E-state index in [1.807, 2.05) is 30.3 Å². The Bertz CT molecular complexity index is 2840. The molecule has 5 heteroatoms. The van der Waals surface area contributed by atoms with Crippen LogP contribution in [0.1, 0.15) is 172 Å². The van der Waals surface area contributed by atoms with Crippen molar-refractivity contribution in [2.45, 2.75) is 163 Å². The van der Waals surface area contributed by atoms with Crippen LogP contribution in [0.15, 0.2) is 109 Å². The number of nitrogens with zero attached hydrogens (tertiary/aromatic N) is 2. The number of carbonyl (C=O) groups is 1. The minimum Gasteiger partial charge on any atom is -0.457 e. The Hall–Kier alpha value is -5.55. The van der Waals surface area contributed by atoms with Crippen molar-refractivity contribution in [2.24, 2.45) is 0 Å². The molecule has 0 spiro atoms. The van der Waals surface area contributed by atoms with E-state index in [-0.39, 0.29) is 46.4 Å². The molecule has 2 heterocycles. The average molecular weight is 889 g/mol. The number of aryl methyl sites for hydroxylation is 2.